The van der Waals surface area contributed by atoms with E-state index in [2.05, 4.69) is 0 Å². The van der Waals surface area contributed by atoms with Gasteiger partial charge in [0.1, 0.15) is 4.90 Å². The van der Waals surface area contributed by atoms with Gasteiger partial charge in [0.15, 0.2) is 0 Å². The number of benzene rings is 1. The van der Waals surface area contributed by atoms with Crippen molar-refractivity contribution in [1.29, 1.82) is 0 Å². The van der Waals surface area contributed by atoms with E-state index >= 15 is 0 Å². The van der Waals surface area contributed by atoms with Crippen LogP contribution in [0.1, 0.15) is 5.56 Å². The second-order valence-electron chi connectivity index (χ2n) is 3.19. The second-order valence-corrected chi connectivity index (χ2v) is 5.98. The molecule has 0 spiro atoms. The Morgan fingerprint density at radius 3 is 2.40 bits per heavy atom. The molecule has 0 fully saturated rings. The maximum absolute atomic E-state index is 11.8. The molecular weight excluding hydrogens is 257 g/mol. The average molecular weight is 268 g/mol. The van der Waals surface area contributed by atoms with Gasteiger partial charge in [-0.3, -0.25) is 0 Å². The monoisotopic (exact) mass is 267 g/mol. The van der Waals surface area contributed by atoms with Crippen molar-refractivity contribution in [3.05, 3.63) is 28.8 Å². The first-order valence-electron chi connectivity index (χ1n) is 4.16. The van der Waals surface area contributed by atoms with Gasteiger partial charge in [0.2, 0.25) is 10.0 Å². The minimum absolute atomic E-state index is 0.0901. The molecule has 1 aromatic rings. The van der Waals surface area contributed by atoms with Gasteiger partial charge in [0.05, 0.1) is 5.02 Å². The summed E-state index contributed by atoms with van der Waals surface area (Å²) in [6.45, 7) is 0. The standard InChI is InChI=1S/C9H11Cl2NO2S/c1-12(2)15(13,14)9-5-7(6-10)3-4-8(9)11/h3-5H,6H2,1-2H3. The van der Waals surface area contributed by atoms with Crippen LogP contribution >= 0.6 is 23.2 Å². The highest BCUT2D eigenvalue weighted by Crippen LogP contribution is 2.25. The summed E-state index contributed by atoms with van der Waals surface area (Å²) < 4.78 is 24.8. The molecule has 0 amide bonds. The number of alkyl halides is 1. The third-order valence-electron chi connectivity index (χ3n) is 1.91. The molecule has 0 saturated carbocycles. The highest BCUT2D eigenvalue weighted by Gasteiger charge is 2.20. The van der Waals surface area contributed by atoms with Crippen LogP contribution in [0.4, 0.5) is 0 Å². The maximum Gasteiger partial charge on any atom is 0.244 e. The summed E-state index contributed by atoms with van der Waals surface area (Å²) in [6.07, 6.45) is 0. The lowest BCUT2D eigenvalue weighted by Crippen LogP contribution is -2.22. The Hall–Kier alpha value is -0.290. The van der Waals surface area contributed by atoms with Crippen LogP contribution in [-0.2, 0) is 15.9 Å². The van der Waals surface area contributed by atoms with Crippen molar-refractivity contribution in [3.8, 4) is 0 Å². The van der Waals surface area contributed by atoms with Crippen LogP contribution in [0.25, 0.3) is 0 Å². The number of sulfonamides is 1. The largest absolute Gasteiger partial charge is 0.244 e. The van der Waals surface area contributed by atoms with E-state index in [1.165, 1.54) is 26.2 Å². The fourth-order valence-electron chi connectivity index (χ4n) is 1.03. The van der Waals surface area contributed by atoms with E-state index in [-0.39, 0.29) is 15.8 Å². The first kappa shape index (κ1) is 12.8. The Bertz CT molecular complexity index is 457. The van der Waals surface area contributed by atoms with Crippen molar-refractivity contribution in [2.45, 2.75) is 10.8 Å². The molecule has 0 unspecified atom stereocenters. The van der Waals surface area contributed by atoms with Crippen LogP contribution in [-0.4, -0.2) is 26.8 Å². The molecule has 0 heterocycles. The molecule has 0 aliphatic heterocycles. The molecule has 0 aliphatic rings. The minimum Gasteiger partial charge on any atom is -0.207 e. The Morgan fingerprint density at radius 2 is 1.93 bits per heavy atom. The highest BCUT2D eigenvalue weighted by atomic mass is 35.5. The second kappa shape index (κ2) is 4.70. The zero-order chi connectivity index (χ0) is 11.6. The molecule has 6 heteroatoms. The number of hydrogen-bond acceptors (Lipinski definition) is 2. The van der Waals surface area contributed by atoms with Gasteiger partial charge in [-0.05, 0) is 17.7 Å². The van der Waals surface area contributed by atoms with Gasteiger partial charge in [-0.1, -0.05) is 17.7 Å². The number of rotatable bonds is 3. The van der Waals surface area contributed by atoms with Crippen molar-refractivity contribution in [2.75, 3.05) is 14.1 Å². The zero-order valence-corrected chi connectivity index (χ0v) is 10.7. The maximum atomic E-state index is 11.8. The van der Waals surface area contributed by atoms with Crippen LogP contribution in [0, 0.1) is 0 Å². The van der Waals surface area contributed by atoms with Crippen LogP contribution < -0.4 is 0 Å². The fourth-order valence-corrected chi connectivity index (χ4v) is 2.61. The van der Waals surface area contributed by atoms with E-state index in [9.17, 15) is 8.42 Å². The normalized spacial score (nSPS) is 12.1. The van der Waals surface area contributed by atoms with Crippen molar-refractivity contribution < 1.29 is 8.42 Å². The van der Waals surface area contributed by atoms with E-state index in [1.807, 2.05) is 0 Å². The molecule has 0 radical (unpaired) electrons. The number of hydrogen-bond donors (Lipinski definition) is 0. The van der Waals surface area contributed by atoms with E-state index in [0.29, 0.717) is 0 Å². The molecule has 0 aromatic heterocycles. The van der Waals surface area contributed by atoms with Crippen LogP contribution in [0.15, 0.2) is 23.1 Å². The average Bonchev–Trinajstić information content (AvgIpc) is 2.18. The lowest BCUT2D eigenvalue weighted by molar-refractivity contribution is 0.520. The van der Waals surface area contributed by atoms with Crippen LogP contribution in [0.3, 0.4) is 0 Å². The molecule has 15 heavy (non-hydrogen) atoms. The molecule has 0 atom stereocenters. The van der Waals surface area contributed by atoms with E-state index < -0.39 is 10.0 Å². The summed E-state index contributed by atoms with van der Waals surface area (Å²) in [6, 6.07) is 4.73. The molecule has 3 nitrogen and oxygen atoms in total. The summed E-state index contributed by atoms with van der Waals surface area (Å²) >= 11 is 11.5. The Labute approximate surface area is 99.7 Å². The first-order valence-corrected chi connectivity index (χ1v) is 6.51. The predicted molar refractivity (Wildman–Crippen MR) is 61.9 cm³/mol. The third kappa shape index (κ3) is 2.64. The molecule has 1 rings (SSSR count). The quantitative estimate of drug-likeness (QED) is 0.789. The van der Waals surface area contributed by atoms with E-state index in [4.69, 9.17) is 23.2 Å². The van der Waals surface area contributed by atoms with Gasteiger partial charge in [-0.15, -0.1) is 11.6 Å². The van der Waals surface area contributed by atoms with E-state index in [0.717, 1.165) is 9.87 Å². The SMILES string of the molecule is CN(C)S(=O)(=O)c1cc(CCl)ccc1Cl. The van der Waals surface area contributed by atoms with Crippen molar-refractivity contribution in [2.24, 2.45) is 0 Å². The predicted octanol–water partition coefficient (Wildman–Crippen LogP) is 2.33. The zero-order valence-electron chi connectivity index (χ0n) is 8.37. The van der Waals surface area contributed by atoms with Crippen molar-refractivity contribution >= 4 is 33.2 Å². The lowest BCUT2D eigenvalue weighted by atomic mass is 10.2. The molecule has 0 bridgehead atoms. The minimum atomic E-state index is -3.50. The van der Waals surface area contributed by atoms with Crippen molar-refractivity contribution in [3.63, 3.8) is 0 Å². The van der Waals surface area contributed by atoms with Crippen LogP contribution in [0.2, 0.25) is 5.02 Å². The molecule has 0 N–H and O–H groups in total. The summed E-state index contributed by atoms with van der Waals surface area (Å²) in [5.74, 6) is 0.257. The molecule has 1 aromatic carbocycles. The van der Waals surface area contributed by atoms with Crippen LogP contribution in [0.5, 0.6) is 0 Å². The Kier molecular flexibility index (Phi) is 4.00. The highest BCUT2D eigenvalue weighted by molar-refractivity contribution is 7.89. The third-order valence-corrected chi connectivity index (χ3v) is 4.51. The van der Waals surface area contributed by atoms with Gasteiger partial charge in [-0.2, -0.15) is 0 Å². The summed E-state index contributed by atoms with van der Waals surface area (Å²) in [4.78, 5) is 0.0901. The van der Waals surface area contributed by atoms with Gasteiger partial charge >= 0.3 is 0 Å². The van der Waals surface area contributed by atoms with Gasteiger partial charge in [0, 0.05) is 20.0 Å². The number of halogens is 2. The summed E-state index contributed by atoms with van der Waals surface area (Å²) in [5.41, 5.74) is 0.724. The topological polar surface area (TPSA) is 37.4 Å². The Morgan fingerprint density at radius 1 is 1.33 bits per heavy atom. The first-order chi connectivity index (χ1) is 6.89. The molecular formula is C9H11Cl2NO2S. The van der Waals surface area contributed by atoms with Gasteiger partial charge in [-0.25, -0.2) is 12.7 Å². The summed E-state index contributed by atoms with van der Waals surface area (Å²) in [7, 11) is -0.583. The Balaban J connectivity index is 3.37. The lowest BCUT2D eigenvalue weighted by Gasteiger charge is -2.13. The van der Waals surface area contributed by atoms with Gasteiger partial charge < -0.3 is 0 Å². The fraction of sp³-hybridized carbons (Fsp3) is 0.333. The molecule has 0 aliphatic carbocycles. The molecule has 0 saturated heterocycles. The van der Waals surface area contributed by atoms with E-state index in [1.54, 1.807) is 6.07 Å². The summed E-state index contributed by atoms with van der Waals surface area (Å²) in [5, 5.41) is 0.206. The molecule has 84 valence electrons. The number of nitrogens with zero attached hydrogens (tertiary/aromatic N) is 1. The van der Waals surface area contributed by atoms with Crippen molar-refractivity contribution in [1.82, 2.24) is 4.31 Å². The smallest absolute Gasteiger partial charge is 0.207 e. The van der Waals surface area contributed by atoms with Gasteiger partial charge in [0.25, 0.3) is 0 Å².